The zero-order valence-corrected chi connectivity index (χ0v) is 14.3. The minimum absolute atomic E-state index is 0.0277. The first-order valence-electron chi connectivity index (χ1n) is 5.69. The average Bonchev–Trinajstić information content (AvgIpc) is 2.74. The fourth-order valence-electron chi connectivity index (χ4n) is 1.72. The molecular formula is C12H12ClNO4S3. The molecule has 1 N–H and O–H groups in total. The van der Waals surface area contributed by atoms with Gasteiger partial charge in [-0.1, -0.05) is 17.7 Å². The topological polar surface area (TPSA) is 80.3 Å². The molecule has 0 saturated carbocycles. The maximum Gasteiger partial charge on any atom is 0.271 e. The standard InChI is InChI=1S/C12H12ClNO4S3/c1-8-6-7-11(19-8)21(17,18)14-10-5-3-4-9(13)12(10)20(2,15)16/h3-7,14H,1-2H3. The third-order valence-corrected chi connectivity index (χ3v) is 7.03. The number of aryl methyl sites for hydroxylation is 1. The Kier molecular flexibility index (Phi) is 4.34. The van der Waals surface area contributed by atoms with Gasteiger partial charge in [0.1, 0.15) is 9.10 Å². The summed E-state index contributed by atoms with van der Waals surface area (Å²) < 4.78 is 50.5. The van der Waals surface area contributed by atoms with Crippen molar-refractivity contribution in [2.45, 2.75) is 16.0 Å². The quantitative estimate of drug-likeness (QED) is 0.903. The fraction of sp³-hybridized carbons (Fsp3) is 0.167. The van der Waals surface area contributed by atoms with E-state index in [1.165, 1.54) is 24.3 Å². The Morgan fingerprint density at radius 3 is 2.29 bits per heavy atom. The van der Waals surface area contributed by atoms with E-state index in [9.17, 15) is 16.8 Å². The van der Waals surface area contributed by atoms with Crippen LogP contribution in [0.3, 0.4) is 0 Å². The smallest absolute Gasteiger partial charge is 0.271 e. The Labute approximate surface area is 132 Å². The average molecular weight is 366 g/mol. The van der Waals surface area contributed by atoms with Crippen molar-refractivity contribution < 1.29 is 16.8 Å². The monoisotopic (exact) mass is 365 g/mol. The first kappa shape index (κ1) is 16.3. The number of anilines is 1. The maximum absolute atomic E-state index is 12.3. The van der Waals surface area contributed by atoms with Crippen molar-refractivity contribution in [3.8, 4) is 0 Å². The number of halogens is 1. The van der Waals surface area contributed by atoms with Crippen molar-refractivity contribution in [3.05, 3.63) is 40.2 Å². The summed E-state index contributed by atoms with van der Waals surface area (Å²) in [7, 11) is -7.52. The molecule has 0 aliphatic heterocycles. The van der Waals surface area contributed by atoms with Crippen LogP contribution in [-0.2, 0) is 19.9 Å². The molecule has 0 atom stereocenters. The summed E-state index contributed by atoms with van der Waals surface area (Å²) in [5, 5.41) is -0.0277. The van der Waals surface area contributed by atoms with Crippen molar-refractivity contribution in [2.24, 2.45) is 0 Å². The molecule has 0 aliphatic carbocycles. The van der Waals surface area contributed by atoms with E-state index < -0.39 is 19.9 Å². The third kappa shape index (κ3) is 3.57. The molecule has 1 aromatic heterocycles. The van der Waals surface area contributed by atoms with Gasteiger partial charge < -0.3 is 0 Å². The predicted octanol–water partition coefficient (Wildman–Crippen LogP) is 2.91. The van der Waals surface area contributed by atoms with E-state index >= 15 is 0 Å². The summed E-state index contributed by atoms with van der Waals surface area (Å²) in [4.78, 5) is 0.605. The Bertz CT molecular complexity index is 885. The Hall–Kier alpha value is -1.09. The van der Waals surface area contributed by atoms with E-state index in [0.717, 1.165) is 22.5 Å². The van der Waals surface area contributed by atoms with E-state index in [1.54, 1.807) is 13.0 Å². The first-order valence-corrected chi connectivity index (χ1v) is 10.3. The van der Waals surface area contributed by atoms with Gasteiger partial charge in [-0.25, -0.2) is 16.8 Å². The molecule has 114 valence electrons. The van der Waals surface area contributed by atoms with Gasteiger partial charge in [-0.2, -0.15) is 0 Å². The van der Waals surface area contributed by atoms with Crippen LogP contribution in [0.1, 0.15) is 4.88 Å². The fourth-order valence-corrected chi connectivity index (χ4v) is 5.67. The highest BCUT2D eigenvalue weighted by Gasteiger charge is 2.23. The molecule has 21 heavy (non-hydrogen) atoms. The minimum Gasteiger partial charge on any atom is -0.278 e. The molecule has 2 aromatic rings. The molecule has 0 radical (unpaired) electrons. The molecule has 0 amide bonds. The first-order chi connectivity index (χ1) is 9.61. The summed E-state index contributed by atoms with van der Waals surface area (Å²) in [5.74, 6) is 0. The summed E-state index contributed by atoms with van der Waals surface area (Å²) in [6.07, 6.45) is 0.974. The van der Waals surface area contributed by atoms with E-state index in [4.69, 9.17) is 11.6 Å². The summed E-state index contributed by atoms with van der Waals surface area (Å²) >= 11 is 6.98. The number of sulfonamides is 1. The second-order valence-electron chi connectivity index (χ2n) is 4.36. The maximum atomic E-state index is 12.3. The predicted molar refractivity (Wildman–Crippen MR) is 84.4 cm³/mol. The van der Waals surface area contributed by atoms with Crippen LogP contribution in [0.5, 0.6) is 0 Å². The zero-order chi connectivity index (χ0) is 15.8. The highest BCUT2D eigenvalue weighted by molar-refractivity contribution is 7.95. The number of nitrogens with one attached hydrogen (secondary N) is 1. The van der Waals surface area contributed by atoms with Gasteiger partial charge in [0.15, 0.2) is 9.84 Å². The zero-order valence-electron chi connectivity index (χ0n) is 11.1. The van der Waals surface area contributed by atoms with Gasteiger partial charge in [-0.05, 0) is 31.2 Å². The van der Waals surface area contributed by atoms with Crippen LogP contribution in [0, 0.1) is 6.92 Å². The van der Waals surface area contributed by atoms with Crippen LogP contribution in [0.2, 0.25) is 5.02 Å². The normalized spacial score (nSPS) is 12.3. The van der Waals surface area contributed by atoms with E-state index in [1.807, 2.05) is 0 Å². The van der Waals surface area contributed by atoms with E-state index in [-0.39, 0.29) is 19.8 Å². The van der Waals surface area contributed by atoms with Crippen LogP contribution in [0.15, 0.2) is 39.4 Å². The number of hydrogen-bond acceptors (Lipinski definition) is 5. The van der Waals surface area contributed by atoms with Gasteiger partial charge in [0.05, 0.1) is 10.7 Å². The lowest BCUT2D eigenvalue weighted by Gasteiger charge is -2.11. The molecule has 0 bridgehead atoms. The number of hydrogen-bond donors (Lipinski definition) is 1. The molecular weight excluding hydrogens is 354 g/mol. The van der Waals surface area contributed by atoms with E-state index in [2.05, 4.69) is 4.72 Å². The highest BCUT2D eigenvalue weighted by Crippen LogP contribution is 2.31. The number of thiophene rings is 1. The molecule has 0 fully saturated rings. The van der Waals surface area contributed by atoms with Gasteiger partial charge >= 0.3 is 0 Å². The molecule has 1 heterocycles. The van der Waals surface area contributed by atoms with E-state index in [0.29, 0.717) is 0 Å². The molecule has 0 saturated heterocycles. The van der Waals surface area contributed by atoms with Gasteiger partial charge in [-0.15, -0.1) is 11.3 Å². The third-order valence-electron chi connectivity index (χ3n) is 2.56. The minimum atomic E-state index is -3.85. The van der Waals surface area contributed by atoms with Gasteiger partial charge in [-0.3, -0.25) is 4.72 Å². The SMILES string of the molecule is Cc1ccc(S(=O)(=O)Nc2cccc(Cl)c2S(C)(=O)=O)s1. The molecule has 0 unspecified atom stereocenters. The number of benzene rings is 1. The second kappa shape index (κ2) is 5.60. The lowest BCUT2D eigenvalue weighted by atomic mass is 10.3. The van der Waals surface area contributed by atoms with Crippen LogP contribution < -0.4 is 4.72 Å². The van der Waals surface area contributed by atoms with Crippen LogP contribution in [0.4, 0.5) is 5.69 Å². The van der Waals surface area contributed by atoms with Crippen molar-refractivity contribution in [1.29, 1.82) is 0 Å². The van der Waals surface area contributed by atoms with Crippen molar-refractivity contribution in [2.75, 3.05) is 11.0 Å². The number of rotatable bonds is 4. The van der Waals surface area contributed by atoms with Crippen LogP contribution >= 0.6 is 22.9 Å². The Morgan fingerprint density at radius 2 is 1.76 bits per heavy atom. The van der Waals surface area contributed by atoms with Crippen molar-refractivity contribution >= 4 is 48.5 Å². The lowest BCUT2D eigenvalue weighted by Crippen LogP contribution is -2.14. The highest BCUT2D eigenvalue weighted by atomic mass is 35.5. The molecule has 5 nitrogen and oxygen atoms in total. The molecule has 1 aromatic carbocycles. The largest absolute Gasteiger partial charge is 0.278 e. The van der Waals surface area contributed by atoms with Gasteiger partial charge in [0.25, 0.3) is 10.0 Å². The van der Waals surface area contributed by atoms with Gasteiger partial charge in [0, 0.05) is 11.1 Å². The van der Waals surface area contributed by atoms with Crippen molar-refractivity contribution in [1.82, 2.24) is 0 Å². The summed E-state index contributed by atoms with van der Waals surface area (Å²) in [6.45, 7) is 1.78. The van der Waals surface area contributed by atoms with Crippen molar-refractivity contribution in [3.63, 3.8) is 0 Å². The van der Waals surface area contributed by atoms with Gasteiger partial charge in [0.2, 0.25) is 0 Å². The number of sulfone groups is 1. The lowest BCUT2D eigenvalue weighted by molar-refractivity contribution is 0.602. The molecule has 0 spiro atoms. The Morgan fingerprint density at radius 1 is 1.10 bits per heavy atom. The summed E-state index contributed by atoms with van der Waals surface area (Å²) in [6, 6.07) is 7.38. The second-order valence-corrected chi connectivity index (χ2v) is 9.92. The molecule has 0 aliphatic rings. The molecule has 2 rings (SSSR count). The Balaban J connectivity index is 2.53. The van der Waals surface area contributed by atoms with Crippen LogP contribution in [0.25, 0.3) is 0 Å². The summed E-state index contributed by atoms with van der Waals surface area (Å²) in [5.41, 5.74) is -0.0592. The van der Waals surface area contributed by atoms with Crippen LogP contribution in [-0.4, -0.2) is 23.1 Å². The molecule has 9 heteroatoms.